The van der Waals surface area contributed by atoms with Gasteiger partial charge in [0, 0.05) is 85.4 Å². The molecule has 0 atom stereocenters. The molecule has 0 fully saturated rings. The van der Waals surface area contributed by atoms with Gasteiger partial charge in [0.15, 0.2) is 0 Å². The molecule has 1 radical (unpaired) electrons. The number of nitrogens with zero attached hydrogens (tertiary/aromatic N) is 1. The number of aliphatic hydroxyl groups excluding tert-OH is 1. The minimum absolute atomic E-state index is 0. The van der Waals surface area contributed by atoms with Crippen molar-refractivity contribution in [1.82, 2.24) is 9.88 Å². The van der Waals surface area contributed by atoms with Crippen LogP contribution in [0.1, 0.15) is 37.4 Å². The number of carboxylic acid groups (broad SMARTS) is 1. The van der Waals surface area contributed by atoms with E-state index in [0.29, 0.717) is 25.1 Å². The maximum atomic E-state index is 12.9. The first-order valence-electron chi connectivity index (χ1n) is 9.94. The summed E-state index contributed by atoms with van der Waals surface area (Å²) >= 11 is 0. The van der Waals surface area contributed by atoms with Gasteiger partial charge in [-0.3, -0.25) is 4.79 Å². The molecule has 151 valence electrons. The number of hydrogen-bond donors (Lipinski definition) is 3. The molecule has 2 heterocycles. The Morgan fingerprint density at radius 2 is 1.90 bits per heavy atom. The smallest absolute Gasteiger partial charge is 0.335 e. The van der Waals surface area contributed by atoms with Gasteiger partial charge in [-0.2, -0.15) is 0 Å². The van der Waals surface area contributed by atoms with E-state index in [1.165, 1.54) is 5.56 Å². The van der Waals surface area contributed by atoms with Gasteiger partial charge in [-0.05, 0) is 40.5 Å². The van der Waals surface area contributed by atoms with Crippen LogP contribution < -0.4 is 5.32 Å². The second kappa shape index (κ2) is 7.44. The monoisotopic (exact) mass is 625 g/mol. The summed E-state index contributed by atoms with van der Waals surface area (Å²) in [7, 11) is 0. The summed E-state index contributed by atoms with van der Waals surface area (Å²) in [5, 5.41) is 24.0. The fourth-order valence-corrected chi connectivity index (χ4v) is 5.25. The average molecular weight is 625 g/mol. The second-order valence-corrected chi connectivity index (χ2v) is 7.86. The summed E-state index contributed by atoms with van der Waals surface area (Å²) in [5.41, 5.74) is 7.98. The number of aliphatic hydroxyl groups is 1. The number of fused-ring (bicyclic) bond motifs is 10. The van der Waals surface area contributed by atoms with Gasteiger partial charge < -0.3 is 20.1 Å². The zero-order valence-electron chi connectivity index (χ0n) is 16.6. The third kappa shape index (κ3) is 2.77. The Bertz CT molecular complexity index is 1440. The topological polar surface area (TPSA) is 91.6 Å². The van der Waals surface area contributed by atoms with E-state index in [-0.39, 0.29) is 62.1 Å². The van der Waals surface area contributed by atoms with E-state index in [4.69, 9.17) is 0 Å². The SMILES string of the molecule is O=C(O)c1ccc2c(c1)c1c3c(c4c(c1n2CCO)Cc1ccccc1-4)C(=O)NC3.[Ac]. The van der Waals surface area contributed by atoms with E-state index in [1.54, 1.807) is 18.2 Å². The van der Waals surface area contributed by atoms with Crippen molar-refractivity contribution < 1.29 is 63.9 Å². The van der Waals surface area contributed by atoms with Crippen molar-refractivity contribution in [3.05, 3.63) is 70.3 Å². The van der Waals surface area contributed by atoms with Crippen LogP contribution in [-0.2, 0) is 19.5 Å². The molecule has 7 heteroatoms. The van der Waals surface area contributed by atoms with Crippen LogP contribution in [0.25, 0.3) is 32.9 Å². The maximum absolute atomic E-state index is 12.9. The predicted octanol–water partition coefficient (Wildman–Crippen LogP) is 3.30. The Morgan fingerprint density at radius 3 is 2.68 bits per heavy atom. The molecule has 0 bridgehead atoms. The fraction of sp³-hybridized carbons (Fsp3) is 0.167. The number of carbonyl (C=O) groups excluding carboxylic acids is 1. The van der Waals surface area contributed by atoms with E-state index >= 15 is 0 Å². The minimum atomic E-state index is -0.987. The van der Waals surface area contributed by atoms with Crippen LogP contribution in [0.15, 0.2) is 42.5 Å². The zero-order valence-corrected chi connectivity index (χ0v) is 21.4. The van der Waals surface area contributed by atoms with Gasteiger partial charge in [0.1, 0.15) is 0 Å². The number of aromatic carboxylic acids is 1. The van der Waals surface area contributed by atoms with Gasteiger partial charge in [-0.15, -0.1) is 0 Å². The molecule has 6 nitrogen and oxygen atoms in total. The summed E-state index contributed by atoms with van der Waals surface area (Å²) in [4.78, 5) is 24.5. The Labute approximate surface area is 213 Å². The van der Waals surface area contributed by atoms with Crippen LogP contribution in [0, 0.1) is 44.1 Å². The van der Waals surface area contributed by atoms with Gasteiger partial charge >= 0.3 is 5.97 Å². The summed E-state index contributed by atoms with van der Waals surface area (Å²) in [6.07, 6.45) is 0.704. The van der Waals surface area contributed by atoms with Crippen molar-refractivity contribution in [3.63, 3.8) is 0 Å². The number of rotatable bonds is 3. The van der Waals surface area contributed by atoms with Crippen molar-refractivity contribution in [3.8, 4) is 11.1 Å². The van der Waals surface area contributed by atoms with Gasteiger partial charge in [-0.1, -0.05) is 24.3 Å². The quantitative estimate of drug-likeness (QED) is 0.287. The summed E-state index contributed by atoms with van der Waals surface area (Å²) < 4.78 is 2.07. The van der Waals surface area contributed by atoms with Crippen molar-refractivity contribution in [2.24, 2.45) is 0 Å². The minimum Gasteiger partial charge on any atom is -0.478 e. The molecule has 1 amide bonds. The molecule has 31 heavy (non-hydrogen) atoms. The summed E-state index contributed by atoms with van der Waals surface area (Å²) in [5.74, 6) is -1.07. The van der Waals surface area contributed by atoms with E-state index in [0.717, 1.165) is 44.1 Å². The summed E-state index contributed by atoms with van der Waals surface area (Å²) in [6.45, 7) is 0.778. The van der Waals surface area contributed by atoms with Crippen molar-refractivity contribution in [2.45, 2.75) is 19.5 Å². The maximum Gasteiger partial charge on any atom is 0.335 e. The van der Waals surface area contributed by atoms with E-state index in [9.17, 15) is 19.8 Å². The fourth-order valence-electron chi connectivity index (χ4n) is 5.25. The zero-order chi connectivity index (χ0) is 20.6. The largest absolute Gasteiger partial charge is 0.478 e. The average Bonchev–Trinajstić information content (AvgIpc) is 3.40. The second-order valence-electron chi connectivity index (χ2n) is 7.86. The number of amides is 1. The Hall–Kier alpha value is -2.20. The molecule has 1 aliphatic heterocycles. The van der Waals surface area contributed by atoms with E-state index in [2.05, 4.69) is 22.0 Å². The third-order valence-electron chi connectivity index (χ3n) is 6.38. The van der Waals surface area contributed by atoms with Gasteiger partial charge in [0.2, 0.25) is 0 Å². The number of aromatic nitrogens is 1. The van der Waals surface area contributed by atoms with Crippen LogP contribution in [0.4, 0.5) is 0 Å². The molecule has 1 aliphatic carbocycles. The van der Waals surface area contributed by atoms with Gasteiger partial charge in [-0.25, -0.2) is 4.79 Å². The first-order valence-corrected chi connectivity index (χ1v) is 9.94. The van der Waals surface area contributed by atoms with Crippen LogP contribution in [0.2, 0.25) is 0 Å². The first kappa shape index (κ1) is 20.7. The van der Waals surface area contributed by atoms with E-state index < -0.39 is 5.97 Å². The van der Waals surface area contributed by atoms with Crippen LogP contribution in [-0.4, -0.2) is 33.3 Å². The van der Waals surface area contributed by atoms with Gasteiger partial charge in [0.25, 0.3) is 5.91 Å². The Kier molecular flexibility index (Phi) is 4.97. The molecule has 0 saturated carbocycles. The number of benzene rings is 3. The molecule has 3 N–H and O–H groups in total. The molecule has 0 saturated heterocycles. The Balaban J connectivity index is 0.00000204. The Morgan fingerprint density at radius 1 is 1.10 bits per heavy atom. The number of carboxylic acids is 1. The summed E-state index contributed by atoms with van der Waals surface area (Å²) in [6, 6.07) is 13.2. The standard InChI is InChI=1S/C24H18N2O4.Ac/c27-8-7-26-18-6-5-13(24(29)30)10-15(18)20-17-11-25-23(28)21(17)19-14-4-2-1-3-12(14)9-16(19)22(20)26;/h1-6,10,27H,7-9,11H2,(H,25,28)(H,29,30);. The van der Waals surface area contributed by atoms with Crippen molar-refractivity contribution in [2.75, 3.05) is 6.61 Å². The van der Waals surface area contributed by atoms with Crippen LogP contribution in [0.3, 0.4) is 0 Å². The molecule has 1 aromatic heterocycles. The third-order valence-corrected chi connectivity index (χ3v) is 6.38. The molecule has 0 unspecified atom stereocenters. The first-order chi connectivity index (χ1) is 14.6. The van der Waals surface area contributed by atoms with Crippen LogP contribution >= 0.6 is 0 Å². The van der Waals surface area contributed by atoms with Gasteiger partial charge in [0.05, 0.1) is 23.3 Å². The van der Waals surface area contributed by atoms with E-state index in [1.807, 2.05) is 12.1 Å². The van der Waals surface area contributed by atoms with Crippen molar-refractivity contribution >= 4 is 33.7 Å². The van der Waals surface area contributed by atoms with Crippen LogP contribution in [0.5, 0.6) is 0 Å². The molecular formula is C24H18AcN2O4. The molecule has 2 aliphatic rings. The van der Waals surface area contributed by atoms with Crippen molar-refractivity contribution in [1.29, 1.82) is 0 Å². The number of hydrogen-bond acceptors (Lipinski definition) is 3. The number of carbonyl (C=O) groups is 2. The molecule has 3 aromatic carbocycles. The molecule has 0 spiro atoms. The predicted molar refractivity (Wildman–Crippen MR) is 113 cm³/mol. The molecular weight excluding hydrogens is 607 g/mol. The normalized spacial score (nSPS) is 13.6. The number of nitrogens with one attached hydrogen (secondary N) is 1. The molecule has 4 aromatic rings. The molecule has 6 rings (SSSR count).